The number of aromatic hydroxyl groups is 1. The lowest BCUT2D eigenvalue weighted by atomic mass is 10.1. The molecule has 0 unspecified atom stereocenters. The molecule has 2 aromatic carbocycles. The van der Waals surface area contributed by atoms with Gasteiger partial charge in [0, 0.05) is 11.5 Å². The highest BCUT2D eigenvalue weighted by atomic mass is 35.5. The normalized spacial score (nSPS) is 10.4. The van der Waals surface area contributed by atoms with E-state index in [9.17, 15) is 5.11 Å². The Bertz CT molecular complexity index is 537. The number of benzene rings is 2. The lowest BCUT2D eigenvalue weighted by Crippen LogP contribution is -1.91. The van der Waals surface area contributed by atoms with E-state index in [0.717, 1.165) is 5.39 Å². The second kappa shape index (κ2) is 4.10. The van der Waals surface area contributed by atoms with Crippen molar-refractivity contribution in [2.75, 3.05) is 14.2 Å². The summed E-state index contributed by atoms with van der Waals surface area (Å²) < 4.78 is 10.4. The van der Waals surface area contributed by atoms with Gasteiger partial charge in [0.2, 0.25) is 0 Å². The first-order valence-corrected chi connectivity index (χ1v) is 5.09. The Balaban J connectivity index is 2.94. The number of hydrogen-bond donors (Lipinski definition) is 1. The van der Waals surface area contributed by atoms with E-state index in [0.29, 0.717) is 21.9 Å². The third-order valence-corrected chi connectivity index (χ3v) is 2.71. The molecular weight excluding hydrogens is 228 g/mol. The highest BCUT2D eigenvalue weighted by Gasteiger charge is 2.14. The van der Waals surface area contributed by atoms with Gasteiger partial charge in [-0.25, -0.2) is 0 Å². The van der Waals surface area contributed by atoms with Crippen molar-refractivity contribution in [1.82, 2.24) is 0 Å². The standard InChI is InChI=1S/C12H11ClO3/c1-15-10-6-8(13)12(16-2)11-7(10)4-3-5-9(11)14/h3-6,14H,1-2H3. The van der Waals surface area contributed by atoms with Crippen molar-refractivity contribution in [3.05, 3.63) is 29.3 Å². The number of rotatable bonds is 2. The maximum absolute atomic E-state index is 9.83. The fourth-order valence-electron chi connectivity index (χ4n) is 1.73. The van der Waals surface area contributed by atoms with Crippen LogP contribution < -0.4 is 9.47 Å². The Morgan fingerprint density at radius 2 is 1.94 bits per heavy atom. The quantitative estimate of drug-likeness (QED) is 0.873. The van der Waals surface area contributed by atoms with E-state index in [4.69, 9.17) is 21.1 Å². The molecule has 0 radical (unpaired) electrons. The molecule has 2 aromatic rings. The molecule has 0 spiro atoms. The Labute approximate surface area is 98.2 Å². The summed E-state index contributed by atoms with van der Waals surface area (Å²) in [5.74, 6) is 1.18. The van der Waals surface area contributed by atoms with E-state index in [1.54, 1.807) is 25.3 Å². The number of fused-ring (bicyclic) bond motifs is 1. The minimum absolute atomic E-state index is 0.121. The van der Waals surface area contributed by atoms with Crippen LogP contribution in [0.4, 0.5) is 0 Å². The smallest absolute Gasteiger partial charge is 0.149 e. The molecule has 16 heavy (non-hydrogen) atoms. The second-order valence-electron chi connectivity index (χ2n) is 3.29. The molecule has 0 saturated heterocycles. The van der Waals surface area contributed by atoms with E-state index in [1.807, 2.05) is 6.07 Å². The Morgan fingerprint density at radius 1 is 1.19 bits per heavy atom. The summed E-state index contributed by atoms with van der Waals surface area (Å²) in [7, 11) is 3.07. The van der Waals surface area contributed by atoms with Crippen molar-refractivity contribution in [3.8, 4) is 17.2 Å². The third kappa shape index (κ3) is 1.53. The minimum Gasteiger partial charge on any atom is -0.507 e. The molecule has 0 atom stereocenters. The summed E-state index contributed by atoms with van der Waals surface area (Å²) in [6.45, 7) is 0. The van der Waals surface area contributed by atoms with Crippen molar-refractivity contribution in [2.45, 2.75) is 0 Å². The highest BCUT2D eigenvalue weighted by Crippen LogP contribution is 2.43. The van der Waals surface area contributed by atoms with Crippen molar-refractivity contribution in [2.24, 2.45) is 0 Å². The number of hydrogen-bond acceptors (Lipinski definition) is 3. The van der Waals surface area contributed by atoms with Crippen molar-refractivity contribution >= 4 is 22.4 Å². The molecule has 0 aliphatic heterocycles. The maximum atomic E-state index is 9.83. The zero-order valence-electron chi connectivity index (χ0n) is 8.95. The SMILES string of the molecule is COc1cc(Cl)c(OC)c2c(O)cccc12. The summed E-state index contributed by atoms with van der Waals surface area (Å²) in [4.78, 5) is 0. The van der Waals surface area contributed by atoms with Crippen LogP contribution >= 0.6 is 11.6 Å². The second-order valence-corrected chi connectivity index (χ2v) is 3.70. The van der Waals surface area contributed by atoms with Crippen LogP contribution in [-0.2, 0) is 0 Å². The van der Waals surface area contributed by atoms with Gasteiger partial charge in [0.1, 0.15) is 17.2 Å². The predicted octanol–water partition coefficient (Wildman–Crippen LogP) is 3.22. The van der Waals surface area contributed by atoms with Crippen LogP contribution in [0.15, 0.2) is 24.3 Å². The number of halogens is 1. The van der Waals surface area contributed by atoms with Crippen LogP contribution in [0.25, 0.3) is 10.8 Å². The monoisotopic (exact) mass is 238 g/mol. The van der Waals surface area contributed by atoms with Gasteiger partial charge in [-0.3, -0.25) is 0 Å². The van der Waals surface area contributed by atoms with E-state index < -0.39 is 0 Å². The molecule has 1 N–H and O–H groups in total. The molecule has 0 amide bonds. The molecule has 0 heterocycles. The third-order valence-electron chi connectivity index (χ3n) is 2.43. The molecule has 0 aliphatic rings. The first kappa shape index (κ1) is 10.9. The number of phenols is 1. The van der Waals surface area contributed by atoms with Gasteiger partial charge in [0.05, 0.1) is 24.6 Å². The van der Waals surface area contributed by atoms with Gasteiger partial charge in [-0.05, 0) is 6.07 Å². The van der Waals surface area contributed by atoms with Crippen LogP contribution in [0.1, 0.15) is 0 Å². The van der Waals surface area contributed by atoms with Crippen LogP contribution in [-0.4, -0.2) is 19.3 Å². The summed E-state index contributed by atoms with van der Waals surface area (Å²) in [6.07, 6.45) is 0. The summed E-state index contributed by atoms with van der Waals surface area (Å²) in [5.41, 5.74) is 0. The largest absolute Gasteiger partial charge is 0.507 e. The van der Waals surface area contributed by atoms with Crippen LogP contribution in [0.3, 0.4) is 0 Å². The Kier molecular flexibility index (Phi) is 2.79. The molecule has 0 bridgehead atoms. The lowest BCUT2D eigenvalue weighted by molar-refractivity contribution is 0.408. The van der Waals surface area contributed by atoms with Gasteiger partial charge in [-0.1, -0.05) is 23.7 Å². The van der Waals surface area contributed by atoms with E-state index in [1.165, 1.54) is 7.11 Å². The Morgan fingerprint density at radius 3 is 2.56 bits per heavy atom. The zero-order valence-corrected chi connectivity index (χ0v) is 9.71. The molecule has 2 rings (SSSR count). The van der Waals surface area contributed by atoms with Gasteiger partial charge >= 0.3 is 0 Å². The molecule has 0 aromatic heterocycles. The van der Waals surface area contributed by atoms with Gasteiger partial charge < -0.3 is 14.6 Å². The first-order chi connectivity index (χ1) is 7.69. The highest BCUT2D eigenvalue weighted by molar-refractivity contribution is 6.33. The van der Waals surface area contributed by atoms with Gasteiger partial charge in [-0.15, -0.1) is 0 Å². The minimum atomic E-state index is 0.121. The Hall–Kier alpha value is -1.61. The fourth-order valence-corrected chi connectivity index (χ4v) is 2.00. The summed E-state index contributed by atoms with van der Waals surface area (Å²) >= 11 is 6.04. The van der Waals surface area contributed by atoms with E-state index in [2.05, 4.69) is 0 Å². The summed E-state index contributed by atoms with van der Waals surface area (Å²) in [5, 5.41) is 11.6. The molecule has 3 nitrogen and oxygen atoms in total. The van der Waals surface area contributed by atoms with E-state index >= 15 is 0 Å². The fraction of sp³-hybridized carbons (Fsp3) is 0.167. The van der Waals surface area contributed by atoms with Crippen molar-refractivity contribution in [3.63, 3.8) is 0 Å². The van der Waals surface area contributed by atoms with Gasteiger partial charge in [0.15, 0.2) is 0 Å². The van der Waals surface area contributed by atoms with Crippen molar-refractivity contribution in [1.29, 1.82) is 0 Å². The number of ether oxygens (including phenoxy) is 2. The van der Waals surface area contributed by atoms with Gasteiger partial charge in [0.25, 0.3) is 0 Å². The van der Waals surface area contributed by atoms with Gasteiger partial charge in [-0.2, -0.15) is 0 Å². The lowest BCUT2D eigenvalue weighted by Gasteiger charge is -2.12. The molecule has 0 saturated carbocycles. The molecule has 0 fully saturated rings. The molecular formula is C12H11ClO3. The van der Waals surface area contributed by atoms with E-state index in [-0.39, 0.29) is 5.75 Å². The maximum Gasteiger partial charge on any atom is 0.149 e. The topological polar surface area (TPSA) is 38.7 Å². The molecule has 84 valence electrons. The van der Waals surface area contributed by atoms with Crippen LogP contribution in [0, 0.1) is 0 Å². The number of phenolic OH excluding ortho intramolecular Hbond substituents is 1. The summed E-state index contributed by atoms with van der Waals surface area (Å²) in [6, 6.07) is 6.84. The van der Waals surface area contributed by atoms with Crippen LogP contribution in [0.5, 0.6) is 17.2 Å². The predicted molar refractivity (Wildman–Crippen MR) is 63.7 cm³/mol. The molecule has 4 heteroatoms. The number of methoxy groups -OCH3 is 2. The van der Waals surface area contributed by atoms with Crippen molar-refractivity contribution < 1.29 is 14.6 Å². The average molecular weight is 239 g/mol. The molecule has 0 aliphatic carbocycles. The average Bonchev–Trinajstić information content (AvgIpc) is 2.29. The first-order valence-electron chi connectivity index (χ1n) is 4.71. The van der Waals surface area contributed by atoms with Crippen LogP contribution in [0.2, 0.25) is 5.02 Å². The zero-order chi connectivity index (χ0) is 11.7.